The van der Waals surface area contributed by atoms with Crippen LogP contribution in [0.4, 0.5) is 17.1 Å². The molecule has 0 N–H and O–H groups in total. The van der Waals surface area contributed by atoms with Gasteiger partial charge in [0, 0.05) is 21.2 Å². The van der Waals surface area contributed by atoms with Crippen molar-refractivity contribution in [1.29, 1.82) is 0 Å². The Morgan fingerprint density at radius 1 is 0.600 bits per heavy atom. The molecule has 7 saturated carbocycles. The zero-order valence-electron chi connectivity index (χ0n) is 54.2. The Morgan fingerprint density at radius 2 is 1.18 bits per heavy atom. The lowest BCUT2D eigenvalue weighted by molar-refractivity contribution is -0.212. The number of benzene rings is 5. The summed E-state index contributed by atoms with van der Waals surface area (Å²) in [7, 11) is 0. The van der Waals surface area contributed by atoms with E-state index >= 15 is 0 Å². The molecule has 0 amide bonds. The van der Waals surface area contributed by atoms with Gasteiger partial charge in [-0.1, -0.05) is 117 Å². The highest BCUT2D eigenvalue weighted by atomic mass is 16.5. The van der Waals surface area contributed by atoms with Crippen molar-refractivity contribution in [3.8, 4) is 22.6 Å². The first-order valence-electron chi connectivity index (χ1n) is 31.2. The van der Waals surface area contributed by atoms with E-state index < -0.39 is 130 Å². The van der Waals surface area contributed by atoms with Crippen LogP contribution in [0.2, 0.25) is 0 Å². The second-order valence-corrected chi connectivity index (χ2v) is 22.5. The fourth-order valence-corrected chi connectivity index (χ4v) is 13.1. The number of ether oxygens (including phenoxy) is 1. The average Bonchev–Trinajstić information content (AvgIpc) is 2.12. The summed E-state index contributed by atoms with van der Waals surface area (Å²) in [4.78, 5) is 1.10. The summed E-state index contributed by atoms with van der Waals surface area (Å²) in [6.07, 6.45) is 5.55. The minimum atomic E-state index is -3.18. The maximum Gasteiger partial charge on any atom is 0.256 e. The lowest BCUT2D eigenvalue weighted by Gasteiger charge is -2.72. The Kier molecular flexibility index (Phi) is 4.75. The van der Waals surface area contributed by atoms with E-state index in [0.717, 1.165) is 30.1 Å². The highest BCUT2D eigenvalue weighted by molar-refractivity contribution is 6.99. The minimum Gasteiger partial charge on any atom is -0.458 e. The normalized spacial score (nSPS) is 33.5. The number of nitrogens with zero attached hydrogens (tertiary/aromatic N) is 1. The summed E-state index contributed by atoms with van der Waals surface area (Å²) in [6, 6.07) is -7.48. The first kappa shape index (κ1) is 23.3. The van der Waals surface area contributed by atoms with E-state index in [1.54, 1.807) is 62.3 Å². The molecule has 0 radical (unpaired) electrons. The molecule has 306 valence electrons. The monoisotopic (exact) mass is 808 g/mol. The maximum absolute atomic E-state index is 10.6. The van der Waals surface area contributed by atoms with Crippen molar-refractivity contribution in [3.63, 3.8) is 0 Å². The summed E-state index contributed by atoms with van der Waals surface area (Å²) < 4.78 is 183. The number of anilines is 3. The first-order chi connectivity index (χ1) is 36.0. The second kappa shape index (κ2) is 12.2. The van der Waals surface area contributed by atoms with Gasteiger partial charge >= 0.3 is 0 Å². The van der Waals surface area contributed by atoms with E-state index in [2.05, 4.69) is 0 Å². The van der Waals surface area contributed by atoms with Gasteiger partial charge in [-0.25, -0.2) is 0 Å². The largest absolute Gasteiger partial charge is 0.458 e. The summed E-state index contributed by atoms with van der Waals surface area (Å²) in [5, 5.41) is 0. The van der Waals surface area contributed by atoms with Gasteiger partial charge in [-0.3, -0.25) is 0 Å². The lowest BCUT2D eigenvalue weighted by Crippen LogP contribution is -2.66. The second-order valence-electron chi connectivity index (χ2n) is 22.5. The molecule has 5 aromatic carbocycles. The molecule has 5 aromatic rings. The van der Waals surface area contributed by atoms with Gasteiger partial charge in [0.15, 0.2) is 0 Å². The van der Waals surface area contributed by atoms with Crippen LogP contribution in [-0.4, -0.2) is 6.71 Å². The Bertz CT molecular complexity index is 3500. The predicted molar refractivity (Wildman–Crippen MR) is 252 cm³/mol. The number of hydrogen-bond donors (Lipinski definition) is 0. The van der Waals surface area contributed by atoms with E-state index in [1.807, 2.05) is 0 Å². The molecule has 60 heavy (non-hydrogen) atoms. The van der Waals surface area contributed by atoms with Crippen LogP contribution in [0.15, 0.2) is 90.6 Å². The van der Waals surface area contributed by atoms with Gasteiger partial charge in [-0.05, 0) is 200 Å². The Hall–Kier alpha value is -4.24. The van der Waals surface area contributed by atoms with Crippen molar-refractivity contribution < 1.29 is 29.4 Å². The van der Waals surface area contributed by atoms with Gasteiger partial charge in [0.2, 0.25) is 0 Å². The summed E-state index contributed by atoms with van der Waals surface area (Å²) >= 11 is 0. The zero-order chi connectivity index (χ0) is 57.0. The van der Waals surface area contributed by atoms with Gasteiger partial charge in [0.05, 0.1) is 20.6 Å². The third-order valence-corrected chi connectivity index (χ3v) is 15.8. The molecule has 7 fully saturated rings. The molecule has 0 atom stereocenters. The van der Waals surface area contributed by atoms with Crippen LogP contribution in [0.5, 0.6) is 11.5 Å². The van der Waals surface area contributed by atoms with E-state index in [4.69, 9.17) is 4.74 Å². The highest BCUT2D eigenvalue weighted by Gasteiger charge is 2.67. The van der Waals surface area contributed by atoms with Crippen molar-refractivity contribution in [1.82, 2.24) is 0 Å². The van der Waals surface area contributed by atoms with Gasteiger partial charge in [0.25, 0.3) is 6.71 Å². The molecule has 0 aromatic heterocycles. The lowest BCUT2D eigenvalue weighted by atomic mass is 9.32. The van der Waals surface area contributed by atoms with Gasteiger partial charge in [-0.2, -0.15) is 0 Å². The maximum atomic E-state index is 10.6. The van der Waals surface area contributed by atoms with Crippen LogP contribution in [0, 0.1) is 48.3 Å². The quantitative estimate of drug-likeness (QED) is 0.165. The molecule has 0 spiro atoms. The molecule has 0 unspecified atom stereocenters. The van der Waals surface area contributed by atoms with E-state index in [-0.39, 0.29) is 79.9 Å². The van der Waals surface area contributed by atoms with Crippen molar-refractivity contribution >= 4 is 40.2 Å². The Morgan fingerprint density at radius 3 is 1.78 bits per heavy atom. The van der Waals surface area contributed by atoms with Crippen LogP contribution < -0.4 is 26.0 Å². The first-order valence-corrected chi connectivity index (χ1v) is 22.2. The molecule has 9 aliphatic rings. The smallest absolute Gasteiger partial charge is 0.256 e. The average molecular weight is 808 g/mol. The molecule has 2 nitrogen and oxygen atoms in total. The minimum absolute atomic E-state index is 0.0505. The molecule has 0 saturated heterocycles. The molecule has 14 rings (SSSR count). The van der Waals surface area contributed by atoms with Crippen molar-refractivity contribution in [2.75, 3.05) is 4.90 Å². The predicted octanol–water partition coefficient (Wildman–Crippen LogP) is 12.9. The molecular weight excluding hydrogens is 725 g/mol. The van der Waals surface area contributed by atoms with Crippen molar-refractivity contribution in [2.24, 2.45) is 41.4 Å². The fourth-order valence-electron chi connectivity index (χ4n) is 13.1. The number of rotatable bonds is 3. The standard InChI is InChI=1S/C57H64BNO/c1-32-21-38(57-29-44-41-22-33-23-42(44)46(31-57)43(24-33)45(41)30-57)13-18-40(32)34-25-50-53-52(26-34)60-51-20-15-37(56(8,9)10)28-48(51)58(53)47-27-36(55(5,6)7)14-19-49(47)59(50)39-16-11-35(12-17-39)54(2,3)4/h11-21,25-28,33,41-46H,22-24,29-31H2,1-10H3/i1D3,11D,12D,13D,14D,15D,16D,17D,18D,19D,20D,21D,25D,26D,27D,28D. The topological polar surface area (TPSA) is 12.5 Å². The highest BCUT2D eigenvalue weighted by Crippen LogP contribution is 2.74. The summed E-state index contributed by atoms with van der Waals surface area (Å²) in [5.74, 6) is 2.64. The molecule has 2 aliphatic heterocycles. The van der Waals surface area contributed by atoms with Gasteiger partial charge < -0.3 is 9.64 Å². The SMILES string of the molecule is [2H]c1c([2H])c(C(C)(C)C)c([2H])c2c1Oc1c([2H])c(-c3c([2H])c([2H])c(C45CC6C7CC8CC6C(C4)C(C8)C7C5)c([2H])c3C([2H])([2H])[2H])c([2H])c3c1B2c1c([2H])c(C(C)(C)C)c([2H])c([2H])c1N3c1c([2H])c([2H])c(C(C)(C)C)c([2H])c1[2H]. The van der Waals surface area contributed by atoms with Crippen LogP contribution >= 0.6 is 0 Å². The van der Waals surface area contributed by atoms with E-state index in [0.29, 0.717) is 54.8 Å². The Labute approximate surface area is 385 Å². The van der Waals surface area contributed by atoms with Crippen LogP contribution in [-0.2, 0) is 21.7 Å². The molecule has 2 heterocycles. The van der Waals surface area contributed by atoms with Crippen LogP contribution in [0.1, 0.15) is 153 Å². The number of fused-ring (bicyclic) bond motifs is 4. The third kappa shape index (κ3) is 5.32. The van der Waals surface area contributed by atoms with Crippen molar-refractivity contribution in [3.05, 3.63) is 118 Å². The fraction of sp³-hybridized carbons (Fsp3) is 0.474. The summed E-state index contributed by atoms with van der Waals surface area (Å²) in [6.45, 7) is 11.1. The van der Waals surface area contributed by atoms with E-state index in [9.17, 15) is 24.7 Å². The van der Waals surface area contributed by atoms with Crippen LogP contribution in [0.25, 0.3) is 11.1 Å². The molecule has 3 heteroatoms. The Balaban J connectivity index is 1.24. The summed E-state index contributed by atoms with van der Waals surface area (Å²) in [5.41, 5.74) is -6.43. The molecule has 7 aliphatic carbocycles. The van der Waals surface area contributed by atoms with Gasteiger partial charge in [0.1, 0.15) is 11.5 Å². The third-order valence-electron chi connectivity index (χ3n) is 15.8. The molecule has 8 bridgehead atoms. The van der Waals surface area contributed by atoms with E-state index in [1.165, 1.54) is 0 Å². The number of hydrogen-bond acceptors (Lipinski definition) is 2. The van der Waals surface area contributed by atoms with Gasteiger partial charge in [-0.15, -0.1) is 0 Å². The zero-order valence-corrected chi connectivity index (χ0v) is 36.2. The van der Waals surface area contributed by atoms with Crippen molar-refractivity contribution in [2.45, 2.75) is 129 Å². The molecular formula is C57H64BNO. The van der Waals surface area contributed by atoms with Crippen LogP contribution in [0.3, 0.4) is 0 Å².